The summed E-state index contributed by atoms with van der Waals surface area (Å²) in [6.45, 7) is 5.01. The third-order valence-electron chi connectivity index (χ3n) is 4.61. The first-order chi connectivity index (χ1) is 15.1. The smallest absolute Gasteiger partial charge is 0.311 e. The lowest BCUT2D eigenvalue weighted by molar-refractivity contribution is -0.385. The van der Waals surface area contributed by atoms with E-state index < -0.39 is 16.9 Å². The van der Waals surface area contributed by atoms with Gasteiger partial charge in [0.05, 0.1) is 12.0 Å². The van der Waals surface area contributed by atoms with Crippen LogP contribution in [0, 0.1) is 10.1 Å². The van der Waals surface area contributed by atoms with E-state index in [1.54, 1.807) is 31.2 Å². The molecule has 0 bridgehead atoms. The van der Waals surface area contributed by atoms with Crippen LogP contribution in [0.25, 0.3) is 0 Å². The van der Waals surface area contributed by atoms with E-state index >= 15 is 0 Å². The lowest BCUT2D eigenvalue weighted by Gasteiger charge is -2.29. The molecule has 0 aliphatic carbocycles. The number of hydrogen-bond donors (Lipinski definition) is 1. The molecule has 32 heavy (non-hydrogen) atoms. The van der Waals surface area contributed by atoms with E-state index in [4.69, 9.17) is 21.1 Å². The van der Waals surface area contributed by atoms with E-state index in [9.17, 15) is 19.7 Å². The average Bonchev–Trinajstić information content (AvgIpc) is 2.75. The molecule has 0 saturated carbocycles. The summed E-state index contributed by atoms with van der Waals surface area (Å²) in [5, 5.41) is 14.3. The number of carbonyl (C=O) groups excluding carboxylic acids is 2. The molecule has 2 aromatic carbocycles. The Morgan fingerprint density at radius 3 is 2.47 bits per heavy atom. The molecule has 0 fully saturated rings. The van der Waals surface area contributed by atoms with Gasteiger partial charge in [0, 0.05) is 29.7 Å². The van der Waals surface area contributed by atoms with Crippen molar-refractivity contribution >= 4 is 29.1 Å². The maximum atomic E-state index is 13.0. The number of nitrogens with zero attached hydrogens (tertiary/aromatic N) is 2. The van der Waals surface area contributed by atoms with Gasteiger partial charge in [0.2, 0.25) is 11.7 Å². The Balaban J connectivity index is 2.21. The van der Waals surface area contributed by atoms with Crippen LogP contribution in [0.5, 0.6) is 11.5 Å². The fraction of sp³-hybridized carbons (Fsp3) is 0.364. The molecule has 2 aromatic rings. The molecule has 0 heterocycles. The lowest BCUT2D eigenvalue weighted by atomic mass is 10.1. The Bertz CT molecular complexity index is 982. The molecule has 9 nitrogen and oxygen atoms in total. The molecular formula is C22H26ClN3O6. The Morgan fingerprint density at radius 1 is 1.19 bits per heavy atom. The molecule has 1 N–H and O–H groups in total. The SMILES string of the molecule is COc1cc(OCC(=O)N(Cc2ccccc2Cl)[C@@H](C)C(=O)NC(C)C)ccc1[N+](=O)[O-]. The van der Waals surface area contributed by atoms with Crippen LogP contribution in [-0.2, 0) is 16.1 Å². The summed E-state index contributed by atoms with van der Waals surface area (Å²) in [5.41, 5.74) is 0.467. The molecule has 10 heteroatoms. The number of rotatable bonds is 10. The van der Waals surface area contributed by atoms with Gasteiger partial charge in [-0.05, 0) is 38.5 Å². The number of hydrogen-bond acceptors (Lipinski definition) is 6. The largest absolute Gasteiger partial charge is 0.490 e. The monoisotopic (exact) mass is 463 g/mol. The lowest BCUT2D eigenvalue weighted by Crippen LogP contribution is -2.50. The molecule has 2 amide bonds. The van der Waals surface area contributed by atoms with Gasteiger partial charge in [-0.2, -0.15) is 0 Å². The molecule has 0 saturated heterocycles. The third-order valence-corrected chi connectivity index (χ3v) is 4.98. The molecule has 0 radical (unpaired) electrons. The van der Waals surface area contributed by atoms with Crippen molar-refractivity contribution in [1.82, 2.24) is 10.2 Å². The molecule has 172 valence electrons. The van der Waals surface area contributed by atoms with Crippen LogP contribution in [0.3, 0.4) is 0 Å². The Hall–Kier alpha value is -3.33. The van der Waals surface area contributed by atoms with Crippen LogP contribution < -0.4 is 14.8 Å². The zero-order chi connectivity index (χ0) is 23.8. The Labute approximate surface area is 191 Å². The summed E-state index contributed by atoms with van der Waals surface area (Å²) in [6.07, 6.45) is 0. The number of methoxy groups -OCH3 is 1. The van der Waals surface area contributed by atoms with Crippen molar-refractivity contribution in [3.05, 3.63) is 63.2 Å². The number of benzene rings is 2. The number of halogens is 1. The second-order valence-corrected chi connectivity index (χ2v) is 7.74. The molecule has 0 aliphatic heterocycles. The van der Waals surface area contributed by atoms with Gasteiger partial charge in [0.25, 0.3) is 5.91 Å². The maximum Gasteiger partial charge on any atom is 0.311 e. The van der Waals surface area contributed by atoms with Gasteiger partial charge in [-0.3, -0.25) is 19.7 Å². The van der Waals surface area contributed by atoms with Crippen molar-refractivity contribution < 1.29 is 24.0 Å². The Kier molecular flexibility index (Phi) is 8.83. The van der Waals surface area contributed by atoms with Crippen molar-refractivity contribution in [3.63, 3.8) is 0 Å². The topological polar surface area (TPSA) is 111 Å². The number of ether oxygens (including phenoxy) is 2. The van der Waals surface area contributed by atoms with Crippen molar-refractivity contribution in [1.29, 1.82) is 0 Å². The summed E-state index contributed by atoms with van der Waals surface area (Å²) in [4.78, 5) is 37.4. The van der Waals surface area contributed by atoms with Crippen LogP contribution in [-0.4, -0.2) is 47.4 Å². The summed E-state index contributed by atoms with van der Waals surface area (Å²) in [7, 11) is 1.30. The fourth-order valence-corrected chi connectivity index (χ4v) is 3.12. The predicted octanol–water partition coefficient (Wildman–Crippen LogP) is 3.58. The van der Waals surface area contributed by atoms with Crippen LogP contribution >= 0.6 is 11.6 Å². The summed E-state index contributed by atoms with van der Waals surface area (Å²) in [6, 6.07) is 10.1. The van der Waals surface area contributed by atoms with Crippen LogP contribution in [0.4, 0.5) is 5.69 Å². The molecule has 0 unspecified atom stereocenters. The molecule has 0 spiro atoms. The molecule has 1 atom stereocenters. The van der Waals surface area contributed by atoms with Gasteiger partial charge in [0.1, 0.15) is 11.8 Å². The molecule has 0 aromatic heterocycles. The highest BCUT2D eigenvalue weighted by molar-refractivity contribution is 6.31. The Morgan fingerprint density at radius 2 is 1.88 bits per heavy atom. The van der Waals surface area contributed by atoms with Crippen molar-refractivity contribution in [2.24, 2.45) is 0 Å². The van der Waals surface area contributed by atoms with Crippen LogP contribution in [0.1, 0.15) is 26.3 Å². The maximum absolute atomic E-state index is 13.0. The quantitative estimate of drug-likeness (QED) is 0.426. The van der Waals surface area contributed by atoms with Gasteiger partial charge >= 0.3 is 5.69 Å². The number of nitro groups is 1. The van der Waals surface area contributed by atoms with E-state index in [-0.39, 0.29) is 42.3 Å². The predicted molar refractivity (Wildman–Crippen MR) is 120 cm³/mol. The first kappa shape index (κ1) is 24.9. The average molecular weight is 464 g/mol. The summed E-state index contributed by atoms with van der Waals surface area (Å²) >= 11 is 6.25. The number of carbonyl (C=O) groups is 2. The van der Waals surface area contributed by atoms with Gasteiger partial charge in [-0.25, -0.2) is 0 Å². The number of amides is 2. The molecule has 0 aliphatic rings. The van der Waals surface area contributed by atoms with Crippen molar-refractivity contribution in [2.45, 2.75) is 39.4 Å². The standard InChI is InChI=1S/C22H26ClN3O6/c1-14(2)24-22(28)15(3)25(12-16-7-5-6-8-18(16)23)21(27)13-32-17-9-10-19(26(29)30)20(11-17)31-4/h5-11,14-15H,12-13H2,1-4H3,(H,24,28)/t15-/m0/s1. The minimum Gasteiger partial charge on any atom is -0.490 e. The second-order valence-electron chi connectivity index (χ2n) is 7.33. The minimum absolute atomic E-state index is 0.0116. The van der Waals surface area contributed by atoms with Crippen molar-refractivity contribution in [2.75, 3.05) is 13.7 Å². The fourth-order valence-electron chi connectivity index (χ4n) is 2.92. The second kappa shape index (κ2) is 11.3. The van der Waals surface area contributed by atoms with E-state index in [0.29, 0.717) is 10.6 Å². The van der Waals surface area contributed by atoms with E-state index in [1.165, 1.54) is 30.2 Å². The van der Waals surface area contributed by atoms with Crippen LogP contribution in [0.15, 0.2) is 42.5 Å². The van der Waals surface area contributed by atoms with Crippen LogP contribution in [0.2, 0.25) is 5.02 Å². The number of nitro benzene ring substituents is 1. The zero-order valence-corrected chi connectivity index (χ0v) is 19.1. The van der Waals surface area contributed by atoms with E-state index in [2.05, 4.69) is 5.32 Å². The van der Waals surface area contributed by atoms with Crippen molar-refractivity contribution in [3.8, 4) is 11.5 Å². The summed E-state index contributed by atoms with van der Waals surface area (Å²) < 4.78 is 10.6. The highest BCUT2D eigenvalue weighted by atomic mass is 35.5. The zero-order valence-electron chi connectivity index (χ0n) is 18.3. The molecular weight excluding hydrogens is 438 g/mol. The third kappa shape index (κ3) is 6.58. The first-order valence-electron chi connectivity index (χ1n) is 9.92. The highest BCUT2D eigenvalue weighted by Crippen LogP contribution is 2.30. The van der Waals surface area contributed by atoms with E-state index in [0.717, 1.165) is 0 Å². The molecule has 2 rings (SSSR count). The van der Waals surface area contributed by atoms with Gasteiger partial charge in [-0.15, -0.1) is 0 Å². The van der Waals surface area contributed by atoms with Gasteiger partial charge in [0.15, 0.2) is 6.61 Å². The minimum atomic E-state index is -0.781. The number of nitrogens with one attached hydrogen (secondary N) is 1. The first-order valence-corrected chi connectivity index (χ1v) is 10.3. The van der Waals surface area contributed by atoms with Gasteiger partial charge in [-0.1, -0.05) is 29.8 Å². The van der Waals surface area contributed by atoms with Gasteiger partial charge < -0.3 is 19.7 Å². The summed E-state index contributed by atoms with van der Waals surface area (Å²) in [5.74, 6) is -0.526. The highest BCUT2D eigenvalue weighted by Gasteiger charge is 2.27. The normalized spacial score (nSPS) is 11.6. The van der Waals surface area contributed by atoms with E-state index in [1.807, 2.05) is 13.8 Å².